The third-order valence-corrected chi connectivity index (χ3v) is 5.09. The van der Waals surface area contributed by atoms with Crippen LogP contribution in [0.25, 0.3) is 6.08 Å². The van der Waals surface area contributed by atoms with Gasteiger partial charge < -0.3 is 10.7 Å². The SMILES string of the molecule is C=C(CN1CCCCC1)Nc1cc(C(=N)/C=C/c2ccc(F)cc2)c(C)cc1F. The van der Waals surface area contributed by atoms with E-state index < -0.39 is 0 Å². The number of nitrogens with one attached hydrogen (secondary N) is 2. The quantitative estimate of drug-likeness (QED) is 0.585. The molecule has 5 heteroatoms. The lowest BCUT2D eigenvalue weighted by atomic mass is 10.0. The molecule has 1 aliphatic rings. The van der Waals surface area contributed by atoms with Crippen molar-refractivity contribution in [1.82, 2.24) is 4.90 Å². The van der Waals surface area contributed by atoms with Gasteiger partial charge in [0.2, 0.25) is 0 Å². The molecule has 0 unspecified atom stereocenters. The lowest BCUT2D eigenvalue weighted by Gasteiger charge is -2.27. The van der Waals surface area contributed by atoms with Gasteiger partial charge in [0.15, 0.2) is 0 Å². The molecule has 2 aromatic carbocycles. The lowest BCUT2D eigenvalue weighted by Crippen LogP contribution is -2.32. The molecule has 1 saturated heterocycles. The molecule has 0 radical (unpaired) electrons. The molecule has 0 amide bonds. The number of halogens is 2. The molecule has 0 saturated carbocycles. The lowest BCUT2D eigenvalue weighted by molar-refractivity contribution is 0.247. The second-order valence-corrected chi connectivity index (χ2v) is 7.51. The third kappa shape index (κ3) is 5.84. The van der Waals surface area contributed by atoms with Crippen LogP contribution in [0.2, 0.25) is 0 Å². The Hall–Kier alpha value is -2.79. The number of aryl methyl sites for hydroxylation is 1. The number of likely N-dealkylation sites (tertiary alicyclic amines) is 1. The van der Waals surface area contributed by atoms with Gasteiger partial charge in [0, 0.05) is 17.8 Å². The Kier molecular flexibility index (Phi) is 6.94. The molecule has 2 N–H and O–H groups in total. The first-order valence-electron chi connectivity index (χ1n) is 9.92. The predicted molar refractivity (Wildman–Crippen MR) is 116 cm³/mol. The van der Waals surface area contributed by atoms with Crippen molar-refractivity contribution in [2.75, 3.05) is 25.0 Å². The third-order valence-electron chi connectivity index (χ3n) is 5.09. The van der Waals surface area contributed by atoms with Crippen LogP contribution < -0.4 is 5.32 Å². The highest BCUT2D eigenvalue weighted by Gasteiger charge is 2.14. The monoisotopic (exact) mass is 395 g/mol. The normalized spacial score (nSPS) is 14.9. The van der Waals surface area contributed by atoms with Crippen LogP contribution in [0.15, 0.2) is 54.8 Å². The summed E-state index contributed by atoms with van der Waals surface area (Å²) in [6.45, 7) is 8.60. The summed E-state index contributed by atoms with van der Waals surface area (Å²) in [4.78, 5) is 2.32. The van der Waals surface area contributed by atoms with Gasteiger partial charge in [-0.3, -0.25) is 4.90 Å². The fraction of sp³-hybridized carbons (Fsp3) is 0.292. The number of hydrogen-bond donors (Lipinski definition) is 2. The van der Waals surface area contributed by atoms with Crippen LogP contribution in [0, 0.1) is 24.0 Å². The summed E-state index contributed by atoms with van der Waals surface area (Å²) < 4.78 is 27.5. The van der Waals surface area contributed by atoms with Crippen LogP contribution in [0.5, 0.6) is 0 Å². The van der Waals surface area contributed by atoms with Crippen LogP contribution in [-0.4, -0.2) is 30.2 Å². The molecule has 1 fully saturated rings. The highest BCUT2D eigenvalue weighted by Crippen LogP contribution is 2.23. The van der Waals surface area contributed by atoms with Gasteiger partial charge in [0.05, 0.1) is 11.4 Å². The van der Waals surface area contributed by atoms with Gasteiger partial charge in [0.25, 0.3) is 0 Å². The van der Waals surface area contributed by atoms with Crippen molar-refractivity contribution >= 4 is 17.5 Å². The highest BCUT2D eigenvalue weighted by atomic mass is 19.1. The van der Waals surface area contributed by atoms with Crippen molar-refractivity contribution in [1.29, 1.82) is 5.41 Å². The number of hydrogen-bond acceptors (Lipinski definition) is 3. The largest absolute Gasteiger partial charge is 0.356 e. The zero-order chi connectivity index (χ0) is 20.8. The molecule has 2 aromatic rings. The first-order valence-corrected chi connectivity index (χ1v) is 9.92. The molecule has 0 aliphatic carbocycles. The van der Waals surface area contributed by atoms with Gasteiger partial charge in [-0.1, -0.05) is 31.2 Å². The Morgan fingerprint density at radius 1 is 1.14 bits per heavy atom. The number of rotatable bonds is 7. The molecule has 1 heterocycles. The van der Waals surface area contributed by atoms with E-state index in [1.165, 1.54) is 37.5 Å². The van der Waals surface area contributed by atoms with Crippen molar-refractivity contribution in [2.45, 2.75) is 26.2 Å². The maximum absolute atomic E-state index is 14.5. The second kappa shape index (κ2) is 9.61. The zero-order valence-electron chi connectivity index (χ0n) is 16.8. The highest BCUT2D eigenvalue weighted by molar-refractivity contribution is 6.10. The number of nitrogens with zero attached hydrogens (tertiary/aromatic N) is 1. The summed E-state index contributed by atoms with van der Waals surface area (Å²) in [6, 6.07) is 9.14. The van der Waals surface area contributed by atoms with Crippen molar-refractivity contribution < 1.29 is 8.78 Å². The minimum Gasteiger partial charge on any atom is -0.356 e. The van der Waals surface area contributed by atoms with Gasteiger partial charge in [0.1, 0.15) is 11.6 Å². The van der Waals surface area contributed by atoms with E-state index in [4.69, 9.17) is 5.41 Å². The topological polar surface area (TPSA) is 39.1 Å². The molecule has 0 spiro atoms. The Morgan fingerprint density at radius 3 is 2.52 bits per heavy atom. The van der Waals surface area contributed by atoms with E-state index in [2.05, 4.69) is 16.8 Å². The van der Waals surface area contributed by atoms with Gasteiger partial charge in [-0.2, -0.15) is 0 Å². The molecule has 0 bridgehead atoms. The number of anilines is 1. The Morgan fingerprint density at radius 2 is 1.83 bits per heavy atom. The first-order chi connectivity index (χ1) is 13.9. The van der Waals surface area contributed by atoms with E-state index in [9.17, 15) is 8.78 Å². The average Bonchev–Trinajstić information content (AvgIpc) is 2.70. The molecular formula is C24H27F2N3. The van der Waals surface area contributed by atoms with Gasteiger partial charge in [-0.15, -0.1) is 0 Å². The molecule has 1 aliphatic heterocycles. The van der Waals surface area contributed by atoms with E-state index >= 15 is 0 Å². The molecule has 152 valence electrons. The van der Waals surface area contributed by atoms with E-state index in [0.29, 0.717) is 23.4 Å². The maximum atomic E-state index is 14.5. The molecule has 3 nitrogen and oxygen atoms in total. The van der Waals surface area contributed by atoms with E-state index in [1.807, 2.05) is 0 Å². The van der Waals surface area contributed by atoms with Gasteiger partial charge in [-0.05, 0) is 74.3 Å². The van der Waals surface area contributed by atoms with E-state index in [1.54, 1.807) is 37.3 Å². The van der Waals surface area contributed by atoms with E-state index in [-0.39, 0.29) is 17.3 Å². The summed E-state index contributed by atoms with van der Waals surface area (Å²) in [5, 5.41) is 11.5. The summed E-state index contributed by atoms with van der Waals surface area (Å²) in [7, 11) is 0. The standard InChI is InChI=1S/C24H27F2N3/c1-17-14-22(26)24(28-18(2)16-29-12-4-3-5-13-29)15-21(17)23(27)11-8-19-6-9-20(25)10-7-19/h6-11,14-15,27-28H,2-5,12-13,16H2,1H3/b11-8+,27-23?. The van der Waals surface area contributed by atoms with Crippen molar-refractivity contribution in [3.05, 3.63) is 83.1 Å². The summed E-state index contributed by atoms with van der Waals surface area (Å²) in [5.74, 6) is -0.659. The minimum absolute atomic E-state index is 0.261. The Bertz CT molecular complexity index is 910. The van der Waals surface area contributed by atoms with Crippen LogP contribution in [0.1, 0.15) is 36.0 Å². The Labute approximate surface area is 171 Å². The fourth-order valence-electron chi connectivity index (χ4n) is 3.52. The summed E-state index contributed by atoms with van der Waals surface area (Å²) >= 11 is 0. The zero-order valence-corrected chi connectivity index (χ0v) is 16.8. The average molecular weight is 395 g/mol. The van der Waals surface area contributed by atoms with Gasteiger partial charge in [-0.25, -0.2) is 8.78 Å². The van der Waals surface area contributed by atoms with Crippen LogP contribution in [0.4, 0.5) is 14.5 Å². The predicted octanol–water partition coefficient (Wildman–Crippen LogP) is 5.77. The Balaban J connectivity index is 1.71. The number of benzene rings is 2. The molecular weight excluding hydrogens is 368 g/mol. The number of piperidine rings is 1. The first kappa shape index (κ1) is 20.9. The minimum atomic E-state index is -0.360. The maximum Gasteiger partial charge on any atom is 0.146 e. The summed E-state index contributed by atoms with van der Waals surface area (Å²) in [5.41, 5.74) is 3.45. The van der Waals surface area contributed by atoms with Crippen LogP contribution >= 0.6 is 0 Å². The summed E-state index contributed by atoms with van der Waals surface area (Å²) in [6.07, 6.45) is 7.02. The van der Waals surface area contributed by atoms with Crippen molar-refractivity contribution in [3.63, 3.8) is 0 Å². The van der Waals surface area contributed by atoms with Gasteiger partial charge >= 0.3 is 0 Å². The van der Waals surface area contributed by atoms with Crippen molar-refractivity contribution in [3.8, 4) is 0 Å². The second-order valence-electron chi connectivity index (χ2n) is 7.51. The molecule has 29 heavy (non-hydrogen) atoms. The fourth-order valence-corrected chi connectivity index (χ4v) is 3.52. The van der Waals surface area contributed by atoms with Crippen molar-refractivity contribution in [2.24, 2.45) is 0 Å². The molecule has 0 atom stereocenters. The molecule has 0 aromatic heterocycles. The van der Waals surface area contributed by atoms with E-state index in [0.717, 1.165) is 24.4 Å². The molecule has 3 rings (SSSR count). The van der Waals surface area contributed by atoms with Crippen LogP contribution in [0.3, 0.4) is 0 Å². The number of allylic oxidation sites excluding steroid dienone is 1. The van der Waals surface area contributed by atoms with Crippen LogP contribution in [-0.2, 0) is 0 Å². The smallest absolute Gasteiger partial charge is 0.146 e.